The van der Waals surface area contributed by atoms with Crippen LogP contribution in [0.2, 0.25) is 0 Å². The molecule has 1 amide bonds. The lowest BCUT2D eigenvalue weighted by molar-refractivity contribution is 0.0756. The zero-order valence-corrected chi connectivity index (χ0v) is 15.0. The lowest BCUT2D eigenvalue weighted by Gasteiger charge is -2.24. The van der Waals surface area contributed by atoms with Crippen molar-refractivity contribution in [2.75, 3.05) is 24.5 Å². The predicted molar refractivity (Wildman–Crippen MR) is 102 cm³/mol. The molecule has 4 nitrogen and oxygen atoms in total. The number of carbonyl (C=O) groups excluding carboxylic acids is 1. The molecular weight excluding hydrogens is 310 g/mol. The highest BCUT2D eigenvalue weighted by Gasteiger charge is 2.19. The minimum atomic E-state index is 0.0690. The van der Waals surface area contributed by atoms with Crippen molar-refractivity contribution in [2.24, 2.45) is 0 Å². The second-order valence-electron chi connectivity index (χ2n) is 6.61. The molecule has 25 heavy (non-hydrogen) atoms. The smallest absolute Gasteiger partial charge is 0.272 e. The molecule has 0 saturated carbocycles. The Bertz CT molecular complexity index is 679. The number of rotatable bonds is 5. The molecule has 0 atom stereocenters. The number of aromatic nitrogens is 1. The van der Waals surface area contributed by atoms with E-state index in [4.69, 9.17) is 0 Å². The van der Waals surface area contributed by atoms with Gasteiger partial charge < -0.3 is 9.80 Å². The largest absolute Gasteiger partial charge is 0.367 e. The van der Waals surface area contributed by atoms with Gasteiger partial charge in [-0.25, -0.2) is 0 Å². The Balaban J connectivity index is 1.76. The Morgan fingerprint density at radius 2 is 1.80 bits per heavy atom. The van der Waals surface area contributed by atoms with Crippen molar-refractivity contribution in [1.29, 1.82) is 0 Å². The summed E-state index contributed by atoms with van der Waals surface area (Å²) >= 11 is 0. The number of hydrogen-bond donors (Lipinski definition) is 0. The first kappa shape index (κ1) is 17.5. The van der Waals surface area contributed by atoms with E-state index in [1.54, 1.807) is 6.20 Å². The number of benzene rings is 1. The number of pyridine rings is 1. The van der Waals surface area contributed by atoms with Crippen LogP contribution in [-0.2, 0) is 6.54 Å². The van der Waals surface area contributed by atoms with Crippen LogP contribution in [0.4, 0.5) is 5.69 Å². The van der Waals surface area contributed by atoms with E-state index < -0.39 is 0 Å². The highest BCUT2D eigenvalue weighted by Crippen LogP contribution is 2.19. The van der Waals surface area contributed by atoms with E-state index in [-0.39, 0.29) is 5.91 Å². The molecule has 2 aromatic rings. The van der Waals surface area contributed by atoms with Gasteiger partial charge in [0.25, 0.3) is 5.91 Å². The fourth-order valence-corrected chi connectivity index (χ4v) is 3.36. The van der Waals surface area contributed by atoms with Gasteiger partial charge in [0.05, 0.1) is 0 Å². The van der Waals surface area contributed by atoms with E-state index in [0.29, 0.717) is 5.69 Å². The molecule has 0 N–H and O–H groups in total. The Hall–Kier alpha value is -2.36. The molecule has 1 aromatic heterocycles. The van der Waals surface area contributed by atoms with E-state index in [9.17, 15) is 4.79 Å². The molecule has 1 fully saturated rings. The lowest BCUT2D eigenvalue weighted by Crippen LogP contribution is -2.32. The van der Waals surface area contributed by atoms with Crippen LogP contribution in [0.5, 0.6) is 0 Å². The number of nitrogens with zero attached hydrogens (tertiary/aromatic N) is 3. The van der Waals surface area contributed by atoms with E-state index in [0.717, 1.165) is 44.7 Å². The SMILES string of the molecule is CCN(Cc1ccccc1)c1ccnc(C(=O)N2CCCCCC2)c1. The molecule has 0 radical (unpaired) electrons. The summed E-state index contributed by atoms with van der Waals surface area (Å²) in [6, 6.07) is 14.4. The number of hydrogen-bond acceptors (Lipinski definition) is 3. The molecule has 0 bridgehead atoms. The van der Waals surface area contributed by atoms with Gasteiger partial charge >= 0.3 is 0 Å². The third-order valence-corrected chi connectivity index (χ3v) is 4.82. The highest BCUT2D eigenvalue weighted by atomic mass is 16.2. The average Bonchev–Trinajstić information content (AvgIpc) is 2.96. The van der Waals surface area contributed by atoms with Gasteiger partial charge in [-0.2, -0.15) is 0 Å². The van der Waals surface area contributed by atoms with Crippen LogP contribution in [0.15, 0.2) is 48.7 Å². The first-order valence-corrected chi connectivity index (χ1v) is 9.32. The van der Waals surface area contributed by atoms with E-state index in [1.165, 1.54) is 18.4 Å². The molecule has 1 saturated heterocycles. The first-order valence-electron chi connectivity index (χ1n) is 9.32. The van der Waals surface area contributed by atoms with Crippen LogP contribution < -0.4 is 4.90 Å². The van der Waals surface area contributed by atoms with Gasteiger partial charge in [-0.1, -0.05) is 43.2 Å². The summed E-state index contributed by atoms with van der Waals surface area (Å²) in [5, 5.41) is 0. The Labute approximate surface area is 150 Å². The molecule has 1 aliphatic heterocycles. The summed E-state index contributed by atoms with van der Waals surface area (Å²) in [5.74, 6) is 0.0690. The number of anilines is 1. The van der Waals surface area contributed by atoms with Crippen LogP contribution in [0.1, 0.15) is 48.7 Å². The molecule has 1 aliphatic rings. The second-order valence-corrected chi connectivity index (χ2v) is 6.61. The van der Waals surface area contributed by atoms with Crippen molar-refractivity contribution in [2.45, 2.75) is 39.2 Å². The zero-order valence-electron chi connectivity index (χ0n) is 15.0. The van der Waals surface area contributed by atoms with Gasteiger partial charge in [0.2, 0.25) is 0 Å². The highest BCUT2D eigenvalue weighted by molar-refractivity contribution is 5.93. The maximum atomic E-state index is 12.8. The van der Waals surface area contributed by atoms with E-state index in [2.05, 4.69) is 41.1 Å². The van der Waals surface area contributed by atoms with Crippen molar-refractivity contribution in [1.82, 2.24) is 9.88 Å². The molecule has 0 unspecified atom stereocenters. The molecular formula is C21H27N3O. The normalized spacial score (nSPS) is 14.8. The molecule has 0 aliphatic carbocycles. The van der Waals surface area contributed by atoms with Crippen LogP contribution in [-0.4, -0.2) is 35.4 Å². The van der Waals surface area contributed by atoms with Crippen LogP contribution in [0.25, 0.3) is 0 Å². The molecule has 3 rings (SSSR count). The zero-order chi connectivity index (χ0) is 17.5. The van der Waals surface area contributed by atoms with Crippen molar-refractivity contribution in [3.8, 4) is 0 Å². The minimum absolute atomic E-state index is 0.0690. The Morgan fingerprint density at radius 1 is 1.08 bits per heavy atom. The number of amides is 1. The maximum Gasteiger partial charge on any atom is 0.272 e. The standard InChI is InChI=1S/C21H27N3O/c1-2-23(17-18-10-6-5-7-11-18)19-12-13-22-20(16-19)21(25)24-14-8-3-4-9-15-24/h5-7,10-13,16H,2-4,8-9,14-15,17H2,1H3. The molecule has 4 heteroatoms. The van der Waals surface area contributed by atoms with Crippen molar-refractivity contribution >= 4 is 11.6 Å². The summed E-state index contributed by atoms with van der Waals surface area (Å²) in [7, 11) is 0. The topological polar surface area (TPSA) is 36.4 Å². The van der Waals surface area contributed by atoms with Gasteiger partial charge in [-0.3, -0.25) is 9.78 Å². The summed E-state index contributed by atoms with van der Waals surface area (Å²) in [5.41, 5.74) is 2.88. The second kappa shape index (κ2) is 8.65. The van der Waals surface area contributed by atoms with Crippen molar-refractivity contribution < 1.29 is 4.79 Å². The van der Waals surface area contributed by atoms with Gasteiger partial charge in [-0.15, -0.1) is 0 Å². The average molecular weight is 337 g/mol. The number of carbonyl (C=O) groups is 1. The lowest BCUT2D eigenvalue weighted by atomic mass is 10.2. The first-order chi connectivity index (χ1) is 12.3. The third-order valence-electron chi connectivity index (χ3n) is 4.82. The Kier molecular flexibility index (Phi) is 6.04. The Morgan fingerprint density at radius 3 is 2.48 bits per heavy atom. The molecule has 132 valence electrons. The summed E-state index contributed by atoms with van der Waals surface area (Å²) in [6.07, 6.45) is 6.39. The van der Waals surface area contributed by atoms with Gasteiger partial charge in [-0.05, 0) is 37.5 Å². The van der Waals surface area contributed by atoms with Gasteiger partial charge in [0.15, 0.2) is 0 Å². The van der Waals surface area contributed by atoms with Gasteiger partial charge in [0.1, 0.15) is 5.69 Å². The summed E-state index contributed by atoms with van der Waals surface area (Å²) in [4.78, 5) is 21.4. The third kappa shape index (κ3) is 4.59. The number of likely N-dealkylation sites (tertiary alicyclic amines) is 1. The molecule has 0 spiro atoms. The van der Waals surface area contributed by atoms with Crippen LogP contribution in [0, 0.1) is 0 Å². The molecule has 1 aromatic carbocycles. The monoisotopic (exact) mass is 337 g/mol. The van der Waals surface area contributed by atoms with E-state index in [1.807, 2.05) is 23.1 Å². The summed E-state index contributed by atoms with van der Waals surface area (Å²) in [6.45, 7) is 5.56. The fourth-order valence-electron chi connectivity index (χ4n) is 3.36. The van der Waals surface area contributed by atoms with Crippen LogP contribution in [0.3, 0.4) is 0 Å². The minimum Gasteiger partial charge on any atom is -0.367 e. The quantitative estimate of drug-likeness (QED) is 0.823. The van der Waals surface area contributed by atoms with Crippen molar-refractivity contribution in [3.63, 3.8) is 0 Å². The van der Waals surface area contributed by atoms with E-state index >= 15 is 0 Å². The summed E-state index contributed by atoms with van der Waals surface area (Å²) < 4.78 is 0. The van der Waals surface area contributed by atoms with Gasteiger partial charge in [0, 0.05) is 38.1 Å². The fraction of sp³-hybridized carbons (Fsp3) is 0.429. The molecule has 2 heterocycles. The van der Waals surface area contributed by atoms with Crippen LogP contribution >= 0.6 is 0 Å². The predicted octanol–water partition coefficient (Wildman–Crippen LogP) is 4.12. The maximum absolute atomic E-state index is 12.8. The van der Waals surface area contributed by atoms with Crippen molar-refractivity contribution in [3.05, 3.63) is 59.9 Å².